The van der Waals surface area contributed by atoms with Crippen LogP contribution in [-0.2, 0) is 18.9 Å². The Labute approximate surface area is 151 Å². The van der Waals surface area contributed by atoms with Crippen molar-refractivity contribution in [2.45, 2.75) is 63.2 Å². The van der Waals surface area contributed by atoms with Gasteiger partial charge in [0.15, 0.2) is 5.79 Å². The zero-order valence-corrected chi connectivity index (χ0v) is 15.5. The van der Waals surface area contributed by atoms with Gasteiger partial charge in [-0.25, -0.2) is 9.59 Å². The van der Waals surface area contributed by atoms with Gasteiger partial charge < -0.3 is 34.3 Å². The van der Waals surface area contributed by atoms with Gasteiger partial charge in [0.2, 0.25) is 0 Å². The van der Waals surface area contributed by atoms with Crippen molar-refractivity contribution in [2.24, 2.45) is 0 Å². The Balaban J connectivity index is 2.21. The van der Waals surface area contributed by atoms with Crippen molar-refractivity contribution in [2.75, 3.05) is 26.4 Å². The van der Waals surface area contributed by atoms with Crippen molar-refractivity contribution < 1.29 is 43.9 Å². The molecule has 0 amide bonds. The molecule has 1 spiro atoms. The predicted molar refractivity (Wildman–Crippen MR) is 86.8 cm³/mol. The molecule has 0 bridgehead atoms. The van der Waals surface area contributed by atoms with Crippen molar-refractivity contribution >= 4 is 12.3 Å². The molecule has 26 heavy (non-hydrogen) atoms. The lowest BCUT2D eigenvalue weighted by Gasteiger charge is -2.60. The fraction of sp³-hybridized carbons (Fsp3) is 0.875. The van der Waals surface area contributed by atoms with Crippen LogP contribution < -0.4 is 0 Å². The van der Waals surface area contributed by atoms with Crippen molar-refractivity contribution in [1.82, 2.24) is 4.90 Å². The zero-order valence-electron chi connectivity index (χ0n) is 15.5. The first-order chi connectivity index (χ1) is 11.9. The van der Waals surface area contributed by atoms with Crippen LogP contribution in [0.4, 0.5) is 9.59 Å². The van der Waals surface area contributed by atoms with Gasteiger partial charge in [0.1, 0.15) is 13.2 Å². The lowest BCUT2D eigenvalue weighted by Crippen LogP contribution is -2.69. The van der Waals surface area contributed by atoms with E-state index >= 15 is 0 Å². The maximum Gasteiger partial charge on any atom is 0.509 e. The summed E-state index contributed by atoms with van der Waals surface area (Å²) in [7, 11) is 0. The predicted octanol–water partition coefficient (Wildman–Crippen LogP) is 1.46. The molecule has 0 aromatic heterocycles. The first-order valence-corrected chi connectivity index (χ1v) is 8.36. The minimum atomic E-state index is -2.06. The number of carboxylic acid groups (broad SMARTS) is 2. The Morgan fingerprint density at radius 1 is 0.962 bits per heavy atom. The summed E-state index contributed by atoms with van der Waals surface area (Å²) in [5, 5.41) is 27.1. The van der Waals surface area contributed by atoms with Crippen molar-refractivity contribution in [3.05, 3.63) is 0 Å². The Morgan fingerprint density at radius 3 is 1.73 bits per heavy atom. The van der Waals surface area contributed by atoms with E-state index in [1.54, 1.807) is 0 Å². The van der Waals surface area contributed by atoms with Crippen LogP contribution in [-0.4, -0.2) is 81.5 Å². The normalized spacial score (nSPS) is 26.2. The number of carbonyl (C=O) groups is 2. The van der Waals surface area contributed by atoms with E-state index in [9.17, 15) is 14.7 Å². The molecule has 10 nitrogen and oxygen atoms in total. The number of hydrogen-bond acceptors (Lipinski definition) is 8. The second-order valence-corrected chi connectivity index (χ2v) is 7.99. The summed E-state index contributed by atoms with van der Waals surface area (Å²) in [5.41, 5.74) is -0.766. The largest absolute Gasteiger partial charge is 0.509 e. The van der Waals surface area contributed by atoms with E-state index in [0.717, 1.165) is 0 Å². The van der Waals surface area contributed by atoms with Crippen LogP contribution in [0.2, 0.25) is 0 Å². The molecule has 0 aromatic carbocycles. The van der Waals surface area contributed by atoms with E-state index in [-0.39, 0.29) is 17.7 Å². The number of likely N-dealkylation sites (tertiary alicyclic amines) is 1. The van der Waals surface area contributed by atoms with Gasteiger partial charge in [-0.2, -0.15) is 0 Å². The molecule has 0 saturated carbocycles. The molecule has 2 rings (SSSR count). The number of nitrogens with zero attached hydrogens (tertiary/aromatic N) is 1. The maximum atomic E-state index is 10.9. The van der Waals surface area contributed by atoms with Gasteiger partial charge in [-0.15, -0.1) is 0 Å². The number of piperidine rings is 1. The summed E-state index contributed by atoms with van der Waals surface area (Å²) in [6.45, 7) is 7.70. The van der Waals surface area contributed by atoms with Gasteiger partial charge in [0, 0.05) is 30.5 Å². The highest BCUT2D eigenvalue weighted by Gasteiger charge is 2.58. The first-order valence-electron chi connectivity index (χ1n) is 8.36. The summed E-state index contributed by atoms with van der Waals surface area (Å²) in [6, 6.07) is 0. The highest BCUT2D eigenvalue weighted by atomic mass is 16.8. The third-order valence-electron chi connectivity index (χ3n) is 4.85. The topological polar surface area (TPSA) is 135 Å². The Morgan fingerprint density at radius 2 is 1.38 bits per heavy atom. The fourth-order valence-corrected chi connectivity index (χ4v) is 4.32. The van der Waals surface area contributed by atoms with Gasteiger partial charge >= 0.3 is 18.1 Å². The molecule has 10 heteroatoms. The van der Waals surface area contributed by atoms with Gasteiger partial charge in [-0.1, -0.05) is 0 Å². The molecule has 0 aromatic rings. The second kappa shape index (κ2) is 6.84. The molecule has 150 valence electrons. The third-order valence-corrected chi connectivity index (χ3v) is 4.85. The average Bonchev–Trinajstić information content (AvgIpc) is 2.44. The van der Waals surface area contributed by atoms with Crippen molar-refractivity contribution in [1.29, 1.82) is 0 Å². The molecule has 2 fully saturated rings. The number of aliphatic hydroxyl groups excluding tert-OH is 1. The van der Waals surface area contributed by atoms with E-state index in [2.05, 4.69) is 14.4 Å². The Hall–Kier alpha value is -1.62. The summed E-state index contributed by atoms with van der Waals surface area (Å²) in [5.74, 6) is -3.09. The maximum absolute atomic E-state index is 10.9. The van der Waals surface area contributed by atoms with Crippen molar-refractivity contribution in [3.63, 3.8) is 0 Å². The van der Waals surface area contributed by atoms with Crippen LogP contribution in [0.25, 0.3) is 0 Å². The Kier molecular flexibility index (Phi) is 5.44. The number of aliphatic hydroxyl groups is 1. The van der Waals surface area contributed by atoms with E-state index < -0.39 is 37.1 Å². The second-order valence-electron chi connectivity index (χ2n) is 7.99. The van der Waals surface area contributed by atoms with Crippen molar-refractivity contribution in [3.8, 4) is 0 Å². The van der Waals surface area contributed by atoms with Gasteiger partial charge in [0.05, 0.1) is 6.61 Å². The molecule has 2 aliphatic heterocycles. The van der Waals surface area contributed by atoms with E-state index in [4.69, 9.17) is 19.7 Å². The number of β-amino-alcohol motifs (C(OH)–C–C–N with tert-alkyl or cyclic N) is 1. The minimum Gasteiger partial charge on any atom is -0.450 e. The average molecular weight is 377 g/mol. The Bertz CT molecular complexity index is 514. The van der Waals surface area contributed by atoms with Gasteiger partial charge in [-0.3, -0.25) is 4.90 Å². The molecular formula is C16H27NO9. The van der Waals surface area contributed by atoms with Crippen LogP contribution >= 0.6 is 0 Å². The van der Waals surface area contributed by atoms with Gasteiger partial charge in [0.25, 0.3) is 0 Å². The zero-order chi connectivity index (χ0) is 19.8. The molecule has 0 aliphatic carbocycles. The first kappa shape index (κ1) is 20.7. The van der Waals surface area contributed by atoms with E-state index in [1.165, 1.54) is 0 Å². The van der Waals surface area contributed by atoms with Crippen LogP contribution in [0.3, 0.4) is 0 Å². The third kappa shape index (κ3) is 4.20. The number of ether oxygens (including phenoxy) is 4. The smallest absolute Gasteiger partial charge is 0.450 e. The summed E-state index contributed by atoms with van der Waals surface area (Å²) in [4.78, 5) is 24.0. The standard InChI is InChI=1S/C16H27NO9/c1-13(2)7-15(8-14(3,4)17(13)5-6-18)23-9-16(10-24-15,25-11(19)20)26-12(21)22/h18H,5-10H2,1-4H3,(H,19,20)(H,21,22). The lowest BCUT2D eigenvalue weighted by molar-refractivity contribution is -0.387. The highest BCUT2D eigenvalue weighted by Crippen LogP contribution is 2.47. The molecule has 0 radical (unpaired) electrons. The van der Waals surface area contributed by atoms with Crippen LogP contribution in [0.5, 0.6) is 0 Å². The molecule has 0 unspecified atom stereocenters. The monoisotopic (exact) mass is 377 g/mol. The number of hydrogen-bond donors (Lipinski definition) is 3. The molecule has 2 aliphatic rings. The fourth-order valence-electron chi connectivity index (χ4n) is 4.32. The van der Waals surface area contributed by atoms with Crippen LogP contribution in [0.15, 0.2) is 0 Å². The van der Waals surface area contributed by atoms with Crippen LogP contribution in [0, 0.1) is 0 Å². The highest BCUT2D eigenvalue weighted by molar-refractivity contribution is 5.60. The molecule has 0 atom stereocenters. The van der Waals surface area contributed by atoms with E-state index in [1.807, 2.05) is 27.7 Å². The molecular weight excluding hydrogens is 350 g/mol. The SMILES string of the molecule is CC1(C)CC2(CC(C)(C)N1CCO)OCC(OC(=O)O)(OC(=O)O)CO2. The summed E-state index contributed by atoms with van der Waals surface area (Å²) in [6.07, 6.45) is -2.49. The molecule has 2 saturated heterocycles. The molecule has 3 N–H and O–H groups in total. The van der Waals surface area contributed by atoms with Gasteiger partial charge in [-0.05, 0) is 27.7 Å². The van der Waals surface area contributed by atoms with Crippen LogP contribution in [0.1, 0.15) is 40.5 Å². The quantitative estimate of drug-likeness (QED) is 0.488. The lowest BCUT2D eigenvalue weighted by atomic mass is 9.75. The summed E-state index contributed by atoms with van der Waals surface area (Å²) < 4.78 is 20.9. The molecule has 2 heterocycles. The minimum absolute atomic E-state index is 0.0174. The van der Waals surface area contributed by atoms with E-state index in [0.29, 0.717) is 19.4 Å². The number of rotatable bonds is 4. The summed E-state index contributed by atoms with van der Waals surface area (Å²) >= 11 is 0.